The Morgan fingerprint density at radius 2 is 1.94 bits per heavy atom. The molecule has 1 rings (SSSR count). The standard InChI is InChI=1S/C13H18N2O2S/c1-15(2)13(16)7-8-17-11-5-3-10(4-6-11)9-12(14)18/h3-6H,7-9H2,1-2H3,(H2,14,18). The highest BCUT2D eigenvalue weighted by atomic mass is 32.1. The van der Waals surface area contributed by atoms with E-state index in [-0.39, 0.29) is 5.91 Å². The first-order valence-electron chi connectivity index (χ1n) is 5.69. The minimum absolute atomic E-state index is 0.0556. The zero-order valence-corrected chi connectivity index (χ0v) is 11.5. The van der Waals surface area contributed by atoms with E-state index in [0.717, 1.165) is 11.3 Å². The lowest BCUT2D eigenvalue weighted by molar-refractivity contribution is -0.129. The topological polar surface area (TPSA) is 55.6 Å². The molecule has 0 aliphatic heterocycles. The highest BCUT2D eigenvalue weighted by molar-refractivity contribution is 7.80. The molecule has 0 radical (unpaired) electrons. The largest absolute Gasteiger partial charge is 0.493 e. The third-order valence-corrected chi connectivity index (χ3v) is 2.53. The third kappa shape index (κ3) is 5.14. The Morgan fingerprint density at radius 3 is 2.44 bits per heavy atom. The van der Waals surface area contributed by atoms with E-state index in [1.807, 2.05) is 24.3 Å². The number of rotatable bonds is 6. The summed E-state index contributed by atoms with van der Waals surface area (Å²) in [5, 5.41) is 0. The summed E-state index contributed by atoms with van der Waals surface area (Å²) in [5.74, 6) is 0.799. The van der Waals surface area contributed by atoms with Crippen molar-refractivity contribution >= 4 is 23.1 Å². The number of hydrogen-bond donors (Lipinski definition) is 1. The third-order valence-electron chi connectivity index (χ3n) is 2.39. The number of hydrogen-bond acceptors (Lipinski definition) is 3. The molecule has 0 unspecified atom stereocenters. The van der Waals surface area contributed by atoms with Crippen molar-refractivity contribution in [3.8, 4) is 5.75 Å². The predicted molar refractivity (Wildman–Crippen MR) is 75.7 cm³/mol. The second kappa shape index (κ2) is 6.96. The van der Waals surface area contributed by atoms with Gasteiger partial charge in [0.05, 0.1) is 18.0 Å². The van der Waals surface area contributed by atoms with Crippen LogP contribution in [-0.4, -0.2) is 36.5 Å². The van der Waals surface area contributed by atoms with E-state index < -0.39 is 0 Å². The van der Waals surface area contributed by atoms with Gasteiger partial charge >= 0.3 is 0 Å². The molecule has 4 nitrogen and oxygen atoms in total. The fraction of sp³-hybridized carbons (Fsp3) is 0.385. The van der Waals surface area contributed by atoms with Crippen LogP contribution in [0.4, 0.5) is 0 Å². The normalized spacial score (nSPS) is 9.89. The van der Waals surface area contributed by atoms with Crippen LogP contribution in [0.25, 0.3) is 0 Å². The van der Waals surface area contributed by atoms with Crippen molar-refractivity contribution in [2.75, 3.05) is 20.7 Å². The van der Waals surface area contributed by atoms with Gasteiger partial charge < -0.3 is 15.4 Å². The quantitative estimate of drug-likeness (QED) is 0.790. The lowest BCUT2D eigenvalue weighted by atomic mass is 10.1. The van der Waals surface area contributed by atoms with Crippen molar-refractivity contribution in [2.24, 2.45) is 5.73 Å². The summed E-state index contributed by atoms with van der Waals surface area (Å²) in [4.78, 5) is 13.3. The van der Waals surface area contributed by atoms with Gasteiger partial charge in [0.25, 0.3) is 0 Å². The molecule has 0 saturated heterocycles. The van der Waals surface area contributed by atoms with Gasteiger partial charge in [-0.05, 0) is 17.7 Å². The fourth-order valence-electron chi connectivity index (χ4n) is 1.38. The van der Waals surface area contributed by atoms with E-state index in [9.17, 15) is 4.79 Å². The molecular formula is C13H18N2O2S. The molecule has 1 aromatic carbocycles. The fourth-order valence-corrected chi connectivity index (χ4v) is 1.55. The molecule has 1 aromatic rings. The number of nitrogens with two attached hydrogens (primary N) is 1. The summed E-state index contributed by atoms with van der Waals surface area (Å²) < 4.78 is 5.48. The first-order valence-corrected chi connectivity index (χ1v) is 6.10. The maximum Gasteiger partial charge on any atom is 0.225 e. The Hall–Kier alpha value is -1.62. The maximum atomic E-state index is 11.3. The van der Waals surface area contributed by atoms with Gasteiger partial charge in [0.15, 0.2) is 0 Å². The van der Waals surface area contributed by atoms with Crippen LogP contribution < -0.4 is 10.5 Å². The van der Waals surface area contributed by atoms with Gasteiger partial charge in [0.2, 0.25) is 5.91 Å². The summed E-state index contributed by atoms with van der Waals surface area (Å²) in [5.41, 5.74) is 6.52. The highest BCUT2D eigenvalue weighted by Crippen LogP contribution is 2.13. The van der Waals surface area contributed by atoms with Crippen LogP contribution >= 0.6 is 12.2 Å². The van der Waals surface area contributed by atoms with Crippen LogP contribution in [0, 0.1) is 0 Å². The minimum atomic E-state index is 0.0556. The molecule has 0 saturated carbocycles. The molecule has 0 aromatic heterocycles. The van der Waals surface area contributed by atoms with E-state index in [1.54, 1.807) is 19.0 Å². The second-order valence-corrected chi connectivity index (χ2v) is 4.70. The number of nitrogens with zero attached hydrogens (tertiary/aromatic N) is 1. The molecule has 0 spiro atoms. The Balaban J connectivity index is 2.39. The number of ether oxygens (including phenoxy) is 1. The van der Waals surface area contributed by atoms with Gasteiger partial charge in [0.1, 0.15) is 5.75 Å². The SMILES string of the molecule is CN(C)C(=O)CCOc1ccc(CC(N)=S)cc1. The summed E-state index contributed by atoms with van der Waals surface area (Å²) in [7, 11) is 3.46. The van der Waals surface area contributed by atoms with Crippen LogP contribution in [0.1, 0.15) is 12.0 Å². The summed E-state index contributed by atoms with van der Waals surface area (Å²) in [6, 6.07) is 7.55. The van der Waals surface area contributed by atoms with Gasteiger partial charge in [0, 0.05) is 20.5 Å². The summed E-state index contributed by atoms with van der Waals surface area (Å²) >= 11 is 4.84. The Labute approximate surface area is 113 Å². The van der Waals surface area contributed by atoms with Crippen LogP contribution in [0.15, 0.2) is 24.3 Å². The average molecular weight is 266 g/mol. The van der Waals surface area contributed by atoms with Gasteiger partial charge in [-0.15, -0.1) is 0 Å². The molecule has 0 aliphatic carbocycles. The van der Waals surface area contributed by atoms with Crippen molar-refractivity contribution < 1.29 is 9.53 Å². The molecular weight excluding hydrogens is 248 g/mol. The Bertz CT molecular complexity index is 416. The summed E-state index contributed by atoms with van der Waals surface area (Å²) in [6.45, 7) is 0.381. The van der Waals surface area contributed by atoms with E-state index in [2.05, 4.69) is 0 Å². The molecule has 1 amide bonds. The van der Waals surface area contributed by atoms with E-state index >= 15 is 0 Å². The van der Waals surface area contributed by atoms with Crippen LogP contribution in [0.2, 0.25) is 0 Å². The Kier molecular flexibility index (Phi) is 5.58. The van der Waals surface area contributed by atoms with Crippen molar-refractivity contribution in [1.29, 1.82) is 0 Å². The molecule has 2 N–H and O–H groups in total. The molecule has 0 fully saturated rings. The van der Waals surface area contributed by atoms with Gasteiger partial charge in [-0.2, -0.15) is 0 Å². The molecule has 5 heteroatoms. The van der Waals surface area contributed by atoms with Gasteiger partial charge in [-0.25, -0.2) is 0 Å². The van der Waals surface area contributed by atoms with Crippen molar-refractivity contribution in [1.82, 2.24) is 4.90 Å². The number of benzene rings is 1. The number of thiocarbonyl (C=S) groups is 1. The van der Waals surface area contributed by atoms with Crippen LogP contribution in [0.5, 0.6) is 5.75 Å². The molecule has 0 atom stereocenters. The van der Waals surface area contributed by atoms with E-state index in [1.165, 1.54) is 0 Å². The van der Waals surface area contributed by atoms with Crippen molar-refractivity contribution in [3.63, 3.8) is 0 Å². The molecule has 0 aliphatic rings. The second-order valence-electron chi connectivity index (χ2n) is 4.17. The van der Waals surface area contributed by atoms with E-state index in [0.29, 0.717) is 24.4 Å². The number of carbonyl (C=O) groups excluding carboxylic acids is 1. The Morgan fingerprint density at radius 1 is 1.33 bits per heavy atom. The van der Waals surface area contributed by atoms with Crippen molar-refractivity contribution in [2.45, 2.75) is 12.8 Å². The molecule has 98 valence electrons. The predicted octanol–water partition coefficient (Wildman–Crippen LogP) is 1.37. The highest BCUT2D eigenvalue weighted by Gasteiger charge is 2.04. The van der Waals surface area contributed by atoms with Crippen LogP contribution in [0.3, 0.4) is 0 Å². The average Bonchev–Trinajstić information content (AvgIpc) is 2.30. The van der Waals surface area contributed by atoms with E-state index in [4.69, 9.17) is 22.7 Å². The first-order chi connectivity index (χ1) is 8.49. The maximum absolute atomic E-state index is 11.3. The van der Waals surface area contributed by atoms with Crippen LogP contribution in [-0.2, 0) is 11.2 Å². The van der Waals surface area contributed by atoms with Gasteiger partial charge in [-0.1, -0.05) is 24.4 Å². The molecule has 18 heavy (non-hydrogen) atoms. The monoisotopic (exact) mass is 266 g/mol. The van der Waals surface area contributed by atoms with Gasteiger partial charge in [-0.3, -0.25) is 4.79 Å². The number of carbonyl (C=O) groups is 1. The zero-order chi connectivity index (χ0) is 13.5. The first kappa shape index (κ1) is 14.4. The van der Waals surface area contributed by atoms with Crippen molar-refractivity contribution in [3.05, 3.63) is 29.8 Å². The molecule has 0 bridgehead atoms. The minimum Gasteiger partial charge on any atom is -0.493 e. The zero-order valence-electron chi connectivity index (χ0n) is 10.7. The lowest BCUT2D eigenvalue weighted by Crippen LogP contribution is -2.23. The number of amides is 1. The smallest absolute Gasteiger partial charge is 0.225 e. The molecule has 0 heterocycles. The summed E-state index contributed by atoms with van der Waals surface area (Å²) in [6.07, 6.45) is 0.969. The lowest BCUT2D eigenvalue weighted by Gasteiger charge is -2.11.